The number of ketones is 1. The molecular weight excluding hydrogens is 1140 g/mol. The molecule has 3 fully saturated rings. The molecule has 1 heterocycles. The highest BCUT2D eigenvalue weighted by Gasteiger charge is 2.79. The van der Waals surface area contributed by atoms with Gasteiger partial charge in [0.25, 0.3) is 5.91 Å². The summed E-state index contributed by atoms with van der Waals surface area (Å²) in [6.45, 7) is 34.1. The number of carbonyl (C=O) groups is 6. The largest absolute Gasteiger partial charge is 0.489 e. The number of carbonyl (C=O) groups excluding carboxylic acids is 6. The van der Waals surface area contributed by atoms with E-state index in [2.05, 4.69) is 80.8 Å². The second kappa shape index (κ2) is 27.8. The van der Waals surface area contributed by atoms with Crippen LogP contribution in [0.25, 0.3) is 0 Å². The van der Waals surface area contributed by atoms with Crippen LogP contribution in [-0.2, 0) is 51.7 Å². The highest BCUT2D eigenvalue weighted by atomic mass is 28.4. The fourth-order valence-corrected chi connectivity index (χ4v) is 23.5. The van der Waals surface area contributed by atoms with E-state index < -0.39 is 129 Å². The van der Waals surface area contributed by atoms with Crippen LogP contribution in [-0.4, -0.2) is 118 Å². The quantitative estimate of drug-likeness (QED) is 0.0239. The lowest BCUT2D eigenvalue weighted by molar-refractivity contribution is -0.345. The molecule has 16 nitrogen and oxygen atoms in total. The van der Waals surface area contributed by atoms with Crippen LogP contribution in [0.4, 0.5) is 0 Å². The fourth-order valence-electron chi connectivity index (χ4n) is 15.1. The summed E-state index contributed by atoms with van der Waals surface area (Å²) in [6.07, 6.45) is -4.81. The van der Waals surface area contributed by atoms with E-state index >= 15 is 14.4 Å². The van der Waals surface area contributed by atoms with Crippen molar-refractivity contribution in [1.29, 1.82) is 0 Å². The molecule has 87 heavy (non-hydrogen) atoms. The van der Waals surface area contributed by atoms with E-state index in [4.69, 9.17) is 37.3 Å². The third kappa shape index (κ3) is 12.9. The van der Waals surface area contributed by atoms with Crippen LogP contribution in [0.3, 0.4) is 0 Å². The molecule has 2 saturated carbocycles. The SMILES string of the molecule is C=CCCCC(=O)O[C@@]12CO[C@@H]1C[C@H](O[Si](CC)(CC)CC)[C@@]1(C)C(=O)[C@H](OC(C)=O)C3=C(C)[C@@H](OC(=O)[C@H](O[Si](C(C)C)(C(C)C)C(C)C)[C@@H](NC(=O)c4ccccc4)c4ccccc4OCC=C)C[C@@](O)([C@@H](OC(=O)c4ccccc4)[C@H]21)C3(C)C. The number of Topliss-reactive ketones (excluding diaryl/α,β-unsaturated/α-hetero) is 1. The van der Waals surface area contributed by atoms with Gasteiger partial charge in [0.1, 0.15) is 36.3 Å². The van der Waals surface area contributed by atoms with E-state index in [1.807, 2.05) is 0 Å². The monoisotopic (exact) mass is 1230 g/mol. The number of nitrogens with one attached hydrogen (secondary N) is 1. The Morgan fingerprint density at radius 3 is 1.93 bits per heavy atom. The van der Waals surface area contributed by atoms with Crippen molar-refractivity contribution in [2.24, 2.45) is 16.7 Å². The number of amides is 1. The molecule has 2 N–H and O–H groups in total. The van der Waals surface area contributed by atoms with Gasteiger partial charge in [-0.25, -0.2) is 9.59 Å². The lowest BCUT2D eigenvalue weighted by Gasteiger charge is -2.68. The number of allylic oxidation sites excluding steroid dienone is 1. The van der Waals surface area contributed by atoms with Gasteiger partial charge in [-0.15, -0.1) is 6.58 Å². The standard InChI is InChI=1S/C69H95NO15Si2/c1-17-22-25-38-55(72)83-68-42-79-54(68)40-53(84-86(19-3,20-4)21-5)67(16)60(68)62(82-64(75)49-34-28-24-29-35-49)69(77)41-52(46(12)56(66(69,14)15)58(61(67)73)80-47(13)71)81-65(76)59(85-87(43(6)7,44(8)9)45(10)11)57(70-63(74)48-32-26-23-27-33-48)50-36-30-31-37-51(50)78-39-18-2/h17-18,23-24,26-37,43-45,52-54,57-60,62,77H,1-2,19-22,25,38-42H2,3-16H3,(H,70,74)/t52-,53-,54+,57-,58+,59+,60-,62-,67+,68-,69+/m0/s1. The van der Waals surface area contributed by atoms with Crippen molar-refractivity contribution >= 4 is 52.2 Å². The molecule has 0 spiro atoms. The van der Waals surface area contributed by atoms with Crippen molar-refractivity contribution in [3.8, 4) is 5.75 Å². The van der Waals surface area contributed by atoms with E-state index in [1.54, 1.807) is 125 Å². The normalized spacial score (nSPS) is 26.6. The first-order valence-corrected chi connectivity index (χ1v) is 35.9. The van der Waals surface area contributed by atoms with Crippen molar-refractivity contribution in [3.05, 3.63) is 138 Å². The van der Waals surface area contributed by atoms with Gasteiger partial charge in [0.05, 0.1) is 35.6 Å². The van der Waals surface area contributed by atoms with Crippen LogP contribution in [0.1, 0.15) is 161 Å². The number of hydrogen-bond acceptors (Lipinski definition) is 15. The van der Waals surface area contributed by atoms with Crippen LogP contribution >= 0.6 is 0 Å². The van der Waals surface area contributed by atoms with Crippen molar-refractivity contribution < 1.29 is 71.1 Å². The first-order chi connectivity index (χ1) is 41.1. The molecule has 0 unspecified atom stereocenters. The van der Waals surface area contributed by atoms with Gasteiger partial charge in [0, 0.05) is 42.7 Å². The van der Waals surface area contributed by atoms with Crippen molar-refractivity contribution in [1.82, 2.24) is 5.32 Å². The lowest BCUT2D eigenvalue weighted by Crippen LogP contribution is -2.82. The molecule has 18 heteroatoms. The summed E-state index contributed by atoms with van der Waals surface area (Å²) in [4.78, 5) is 91.8. The van der Waals surface area contributed by atoms with E-state index in [1.165, 1.54) is 6.92 Å². The number of fused-ring (bicyclic) bond motifs is 5. The molecule has 0 aromatic heterocycles. The second-order valence-corrected chi connectivity index (χ2v) is 36.0. The molecule has 2 bridgehead atoms. The summed E-state index contributed by atoms with van der Waals surface area (Å²) in [5.41, 5.74) is -6.73. The van der Waals surface area contributed by atoms with E-state index in [0.717, 1.165) is 0 Å². The summed E-state index contributed by atoms with van der Waals surface area (Å²) in [5.74, 6) is -5.51. The Morgan fingerprint density at radius 2 is 1.39 bits per heavy atom. The summed E-state index contributed by atoms with van der Waals surface area (Å²) in [7, 11) is -5.89. The first-order valence-electron chi connectivity index (χ1n) is 31.2. The topological polar surface area (TPSA) is 209 Å². The minimum Gasteiger partial charge on any atom is -0.489 e. The zero-order valence-electron chi connectivity index (χ0n) is 53.7. The number of unbranched alkanes of at least 4 members (excludes halogenated alkanes) is 1. The number of esters is 4. The molecule has 7 rings (SSSR count). The van der Waals surface area contributed by atoms with E-state index in [-0.39, 0.29) is 59.4 Å². The van der Waals surface area contributed by atoms with Gasteiger partial charge in [0.15, 0.2) is 31.9 Å². The van der Waals surface area contributed by atoms with Crippen LogP contribution in [0.15, 0.2) is 121 Å². The summed E-state index contributed by atoms with van der Waals surface area (Å²) in [6, 6.07) is 24.6. The minimum atomic E-state index is -3.18. The van der Waals surface area contributed by atoms with Crippen LogP contribution in [0.2, 0.25) is 34.8 Å². The van der Waals surface area contributed by atoms with Crippen LogP contribution < -0.4 is 10.1 Å². The number of hydrogen-bond donors (Lipinski definition) is 2. The number of ether oxygens (including phenoxy) is 6. The highest BCUT2D eigenvalue weighted by Crippen LogP contribution is 2.65. The fraction of sp³-hybridized carbons (Fsp3) is 0.565. The highest BCUT2D eigenvalue weighted by molar-refractivity contribution is 6.77. The zero-order chi connectivity index (χ0) is 64.0. The molecule has 0 radical (unpaired) electrons. The van der Waals surface area contributed by atoms with Gasteiger partial charge >= 0.3 is 23.9 Å². The molecule has 1 saturated heterocycles. The Bertz CT molecular complexity index is 2980. The second-order valence-electron chi connectivity index (χ2n) is 25.9. The summed E-state index contributed by atoms with van der Waals surface area (Å²) in [5, 5.41) is 18.0. The average Bonchev–Trinajstić information content (AvgIpc) is 0.673. The molecule has 1 amide bonds. The zero-order valence-corrected chi connectivity index (χ0v) is 55.7. The molecule has 4 aliphatic rings. The number of aliphatic hydroxyl groups is 1. The van der Waals surface area contributed by atoms with Crippen molar-refractivity contribution in [2.75, 3.05) is 13.2 Å². The Hall–Kier alpha value is -6.03. The molecule has 1 aliphatic heterocycles. The Morgan fingerprint density at radius 1 is 0.805 bits per heavy atom. The number of rotatable bonds is 27. The Balaban J connectivity index is 1.54. The maximum atomic E-state index is 17.0. The smallest absolute Gasteiger partial charge is 0.338 e. The van der Waals surface area contributed by atoms with Crippen LogP contribution in [0, 0.1) is 16.7 Å². The third-order valence-corrected chi connectivity index (χ3v) is 30.7. The molecule has 474 valence electrons. The summed E-state index contributed by atoms with van der Waals surface area (Å²) < 4.78 is 54.9. The Kier molecular flexibility index (Phi) is 21.9. The van der Waals surface area contributed by atoms with Crippen molar-refractivity contribution in [3.63, 3.8) is 0 Å². The van der Waals surface area contributed by atoms with Crippen LogP contribution in [0.5, 0.6) is 5.75 Å². The lowest BCUT2D eigenvalue weighted by atomic mass is 9.44. The molecule has 3 aromatic rings. The Labute approximate surface area is 517 Å². The summed E-state index contributed by atoms with van der Waals surface area (Å²) >= 11 is 0. The average molecular weight is 1230 g/mol. The molecule has 3 aliphatic carbocycles. The number of benzene rings is 3. The predicted octanol–water partition coefficient (Wildman–Crippen LogP) is 12.9. The first kappa shape index (κ1) is 68.5. The molecule has 11 atom stereocenters. The number of para-hydroxylation sites is 1. The van der Waals surface area contributed by atoms with Gasteiger partial charge in [-0.3, -0.25) is 19.2 Å². The maximum Gasteiger partial charge on any atom is 0.338 e. The van der Waals surface area contributed by atoms with Gasteiger partial charge in [-0.05, 0) is 103 Å². The van der Waals surface area contributed by atoms with Gasteiger partial charge in [-0.2, -0.15) is 0 Å². The van der Waals surface area contributed by atoms with Crippen molar-refractivity contribution in [2.45, 2.75) is 218 Å². The maximum absolute atomic E-state index is 17.0. The van der Waals surface area contributed by atoms with E-state index in [9.17, 15) is 19.5 Å². The van der Waals surface area contributed by atoms with Gasteiger partial charge in [-0.1, -0.05) is 149 Å². The van der Waals surface area contributed by atoms with Gasteiger partial charge in [0.2, 0.25) is 8.32 Å². The third-order valence-electron chi connectivity index (χ3n) is 20.0. The molecule has 3 aromatic carbocycles. The van der Waals surface area contributed by atoms with Gasteiger partial charge < -0.3 is 47.7 Å². The molecular formula is C69H95NO15Si2. The minimum absolute atomic E-state index is 0.0325. The van der Waals surface area contributed by atoms with E-state index in [0.29, 0.717) is 47.9 Å². The predicted molar refractivity (Wildman–Crippen MR) is 338 cm³/mol.